The number of amides is 1. The Bertz CT molecular complexity index is 1330. The monoisotopic (exact) mass is 509 g/mol. The van der Waals surface area contributed by atoms with Gasteiger partial charge in [0.1, 0.15) is 16.7 Å². The van der Waals surface area contributed by atoms with Crippen molar-refractivity contribution in [3.8, 4) is 11.3 Å². The van der Waals surface area contributed by atoms with Crippen molar-refractivity contribution < 1.29 is 9.18 Å². The number of carbonyl (C=O) groups is 1. The molecule has 1 saturated heterocycles. The van der Waals surface area contributed by atoms with Crippen LogP contribution < -0.4 is 4.90 Å². The van der Waals surface area contributed by atoms with E-state index in [4.69, 9.17) is 28.3 Å². The van der Waals surface area contributed by atoms with Gasteiger partial charge in [-0.1, -0.05) is 53.5 Å². The first-order chi connectivity index (χ1) is 17.0. The highest BCUT2D eigenvalue weighted by Crippen LogP contribution is 2.25. The van der Waals surface area contributed by atoms with Crippen molar-refractivity contribution >= 4 is 34.8 Å². The molecular formula is C26H22Cl2FN5O. The Morgan fingerprint density at radius 3 is 2.37 bits per heavy atom. The van der Waals surface area contributed by atoms with E-state index in [2.05, 4.69) is 4.98 Å². The van der Waals surface area contributed by atoms with Gasteiger partial charge in [0, 0.05) is 43.0 Å². The maximum atomic E-state index is 14.2. The molecule has 1 aliphatic heterocycles. The van der Waals surface area contributed by atoms with Crippen LogP contribution in [0.15, 0.2) is 72.9 Å². The zero-order chi connectivity index (χ0) is 24.4. The molecule has 0 atom stereocenters. The van der Waals surface area contributed by atoms with Crippen LogP contribution in [0, 0.1) is 5.82 Å². The summed E-state index contributed by atoms with van der Waals surface area (Å²) in [5.74, 6) is -0.373. The van der Waals surface area contributed by atoms with E-state index in [1.165, 1.54) is 6.07 Å². The third-order valence-corrected chi connectivity index (χ3v) is 6.50. The van der Waals surface area contributed by atoms with Gasteiger partial charge in [0.25, 0.3) is 5.91 Å². The molecule has 2 aromatic heterocycles. The van der Waals surface area contributed by atoms with Crippen molar-refractivity contribution in [2.45, 2.75) is 6.54 Å². The van der Waals surface area contributed by atoms with E-state index in [9.17, 15) is 9.18 Å². The molecule has 0 spiro atoms. The van der Waals surface area contributed by atoms with Crippen LogP contribution in [-0.4, -0.2) is 51.8 Å². The first-order valence-electron chi connectivity index (χ1n) is 11.2. The molecule has 0 N–H and O–H groups in total. The van der Waals surface area contributed by atoms with E-state index in [0.717, 1.165) is 11.1 Å². The van der Waals surface area contributed by atoms with Gasteiger partial charge in [-0.3, -0.25) is 9.48 Å². The van der Waals surface area contributed by atoms with Crippen molar-refractivity contribution in [2.75, 3.05) is 31.1 Å². The van der Waals surface area contributed by atoms with E-state index in [-0.39, 0.29) is 11.7 Å². The number of carbonyl (C=O) groups excluding carboxylic acids is 1. The Kier molecular flexibility index (Phi) is 6.70. The molecule has 6 nitrogen and oxygen atoms in total. The lowest BCUT2D eigenvalue weighted by atomic mass is 10.1. The van der Waals surface area contributed by atoms with Gasteiger partial charge in [0.2, 0.25) is 0 Å². The number of para-hydroxylation sites is 1. The second-order valence-electron chi connectivity index (χ2n) is 8.30. The number of pyridine rings is 1. The Morgan fingerprint density at radius 1 is 0.943 bits per heavy atom. The molecule has 178 valence electrons. The molecule has 1 fully saturated rings. The minimum absolute atomic E-state index is 0.118. The highest BCUT2D eigenvalue weighted by Gasteiger charge is 2.27. The average Bonchev–Trinajstić information content (AvgIpc) is 3.29. The minimum Gasteiger partial charge on any atom is -0.366 e. The third-order valence-electron chi connectivity index (χ3n) is 6.02. The van der Waals surface area contributed by atoms with Gasteiger partial charge in [-0.05, 0) is 42.0 Å². The van der Waals surface area contributed by atoms with Gasteiger partial charge in [-0.25, -0.2) is 9.37 Å². The molecular weight excluding hydrogens is 488 g/mol. The fourth-order valence-corrected chi connectivity index (χ4v) is 4.40. The molecule has 0 aliphatic carbocycles. The smallest absolute Gasteiger partial charge is 0.272 e. The van der Waals surface area contributed by atoms with Gasteiger partial charge in [0.15, 0.2) is 0 Å². The fraction of sp³-hybridized carbons (Fsp3) is 0.192. The number of benzene rings is 2. The highest BCUT2D eigenvalue weighted by atomic mass is 35.5. The molecule has 9 heteroatoms. The Labute approximate surface area is 212 Å². The van der Waals surface area contributed by atoms with Gasteiger partial charge < -0.3 is 9.80 Å². The van der Waals surface area contributed by atoms with Crippen LogP contribution >= 0.6 is 23.2 Å². The van der Waals surface area contributed by atoms with Gasteiger partial charge >= 0.3 is 0 Å². The zero-order valence-corrected chi connectivity index (χ0v) is 20.3. The Balaban J connectivity index is 1.40. The molecule has 1 aliphatic rings. The number of hydrogen-bond acceptors (Lipinski definition) is 4. The largest absolute Gasteiger partial charge is 0.366 e. The second-order valence-corrected chi connectivity index (χ2v) is 9.12. The van der Waals surface area contributed by atoms with Crippen molar-refractivity contribution in [3.05, 3.63) is 100 Å². The van der Waals surface area contributed by atoms with Crippen molar-refractivity contribution in [1.82, 2.24) is 19.7 Å². The lowest BCUT2D eigenvalue weighted by Crippen LogP contribution is -2.49. The predicted octanol–water partition coefficient (Wildman–Crippen LogP) is 5.40. The lowest BCUT2D eigenvalue weighted by Gasteiger charge is -2.36. The average molecular weight is 510 g/mol. The highest BCUT2D eigenvalue weighted by molar-refractivity contribution is 6.30. The van der Waals surface area contributed by atoms with E-state index < -0.39 is 0 Å². The number of piperazine rings is 1. The topological polar surface area (TPSA) is 54.3 Å². The number of halogens is 3. The maximum Gasteiger partial charge on any atom is 0.272 e. The molecule has 0 saturated carbocycles. The normalized spacial score (nSPS) is 13.8. The first-order valence-corrected chi connectivity index (χ1v) is 12.0. The molecule has 0 radical (unpaired) electrons. The molecule has 3 heterocycles. The van der Waals surface area contributed by atoms with Crippen LogP contribution in [0.1, 0.15) is 16.1 Å². The quantitative estimate of drug-likeness (QED) is 0.338. The molecule has 35 heavy (non-hydrogen) atoms. The SMILES string of the molecule is O=C(c1cc(-c2ccc(Cl)cc2)nn1Cc1ccc(Cl)nc1)N1CCN(c2ccccc2F)CC1. The summed E-state index contributed by atoms with van der Waals surface area (Å²) < 4.78 is 15.9. The Morgan fingerprint density at radius 2 is 1.69 bits per heavy atom. The van der Waals surface area contributed by atoms with Crippen LogP contribution in [0.3, 0.4) is 0 Å². The van der Waals surface area contributed by atoms with Crippen molar-refractivity contribution in [1.29, 1.82) is 0 Å². The summed E-state index contributed by atoms with van der Waals surface area (Å²) in [6.07, 6.45) is 1.67. The van der Waals surface area contributed by atoms with Crippen LogP contribution in [0.5, 0.6) is 0 Å². The van der Waals surface area contributed by atoms with Gasteiger partial charge in [0.05, 0.1) is 17.9 Å². The fourth-order valence-electron chi connectivity index (χ4n) is 4.16. The summed E-state index contributed by atoms with van der Waals surface area (Å²) in [7, 11) is 0. The molecule has 0 bridgehead atoms. The van der Waals surface area contributed by atoms with E-state index in [1.54, 1.807) is 52.2 Å². The summed E-state index contributed by atoms with van der Waals surface area (Å²) in [4.78, 5) is 21.5. The first kappa shape index (κ1) is 23.3. The van der Waals surface area contributed by atoms with Crippen LogP contribution in [0.25, 0.3) is 11.3 Å². The summed E-state index contributed by atoms with van der Waals surface area (Å²) >= 11 is 12.0. The van der Waals surface area contributed by atoms with Gasteiger partial charge in [-0.2, -0.15) is 5.10 Å². The number of rotatable bonds is 5. The minimum atomic E-state index is -0.255. The summed E-state index contributed by atoms with van der Waals surface area (Å²) in [6, 6.07) is 19.4. The van der Waals surface area contributed by atoms with Gasteiger partial charge in [-0.15, -0.1) is 0 Å². The lowest BCUT2D eigenvalue weighted by molar-refractivity contribution is 0.0734. The zero-order valence-electron chi connectivity index (χ0n) is 18.7. The molecule has 1 amide bonds. The molecule has 4 aromatic rings. The van der Waals surface area contributed by atoms with E-state index in [0.29, 0.717) is 60.0 Å². The molecule has 5 rings (SSSR count). The molecule has 0 unspecified atom stereocenters. The Hall–Kier alpha value is -3.42. The number of aromatic nitrogens is 3. The summed E-state index contributed by atoms with van der Waals surface area (Å²) in [5, 5.41) is 5.76. The predicted molar refractivity (Wildman–Crippen MR) is 136 cm³/mol. The molecule has 2 aromatic carbocycles. The maximum absolute atomic E-state index is 14.2. The van der Waals surface area contributed by atoms with E-state index in [1.807, 2.05) is 29.2 Å². The standard InChI is InChI=1S/C26H22Cl2FN5O/c27-20-8-6-19(7-9-20)22-15-24(34(31-22)17-18-5-10-25(28)30-16-18)26(35)33-13-11-32(12-14-33)23-4-2-1-3-21(23)29/h1-10,15-16H,11-14,17H2. The summed E-state index contributed by atoms with van der Waals surface area (Å²) in [5.41, 5.74) is 3.45. The van der Waals surface area contributed by atoms with Crippen LogP contribution in [0.4, 0.5) is 10.1 Å². The number of anilines is 1. The van der Waals surface area contributed by atoms with E-state index >= 15 is 0 Å². The second kappa shape index (κ2) is 10.1. The summed E-state index contributed by atoms with van der Waals surface area (Å²) in [6.45, 7) is 2.43. The van der Waals surface area contributed by atoms with Crippen molar-refractivity contribution in [3.63, 3.8) is 0 Å². The number of hydrogen-bond donors (Lipinski definition) is 0. The van der Waals surface area contributed by atoms with Crippen LogP contribution in [-0.2, 0) is 6.54 Å². The third kappa shape index (κ3) is 5.16. The van der Waals surface area contributed by atoms with Crippen molar-refractivity contribution in [2.24, 2.45) is 0 Å². The van der Waals surface area contributed by atoms with Crippen LogP contribution in [0.2, 0.25) is 10.2 Å². The number of nitrogens with zero attached hydrogens (tertiary/aromatic N) is 5.